The first kappa shape index (κ1) is 14.8. The molecule has 0 radical (unpaired) electrons. The Kier molecular flexibility index (Phi) is 7.41. The van der Waals surface area contributed by atoms with E-state index in [4.69, 9.17) is 14.6 Å². The molecular weight excluding hydrogens is 212 g/mol. The highest BCUT2D eigenvalue weighted by molar-refractivity contribution is 6.00. The van der Waals surface area contributed by atoms with Gasteiger partial charge in [-0.15, -0.1) is 6.58 Å². The Morgan fingerprint density at radius 3 is 2.12 bits per heavy atom. The second kappa shape index (κ2) is 8.01. The number of ketones is 1. The van der Waals surface area contributed by atoms with Crippen LogP contribution in [0.2, 0.25) is 0 Å². The molecule has 0 aromatic rings. The standard InChI is InChI=1S/C11H18O5/c1-4-7-8(10(13)14)9(12)11(15-5-2)16-6-3/h4,8,11H,1,5-7H2,2-3H3,(H,13,14). The number of ether oxygens (including phenoxy) is 2. The summed E-state index contributed by atoms with van der Waals surface area (Å²) in [5.74, 6) is -2.91. The highest BCUT2D eigenvalue weighted by atomic mass is 16.7. The maximum Gasteiger partial charge on any atom is 0.314 e. The summed E-state index contributed by atoms with van der Waals surface area (Å²) in [6.45, 7) is 7.42. The smallest absolute Gasteiger partial charge is 0.314 e. The molecule has 0 aliphatic heterocycles. The molecular formula is C11H18O5. The number of Topliss-reactive ketones (excluding diaryl/α,β-unsaturated/α-hetero) is 1. The molecule has 0 aromatic carbocycles. The van der Waals surface area contributed by atoms with Crippen molar-refractivity contribution in [2.45, 2.75) is 26.6 Å². The maximum atomic E-state index is 11.8. The third-order valence-corrected chi connectivity index (χ3v) is 1.91. The third-order valence-electron chi connectivity index (χ3n) is 1.91. The van der Waals surface area contributed by atoms with Crippen molar-refractivity contribution in [3.8, 4) is 0 Å². The average Bonchev–Trinajstić information content (AvgIpc) is 2.24. The molecule has 0 rings (SSSR count). The summed E-state index contributed by atoms with van der Waals surface area (Å²) in [7, 11) is 0. The Hall–Kier alpha value is -1.20. The predicted octanol–water partition coefficient (Wildman–Crippen LogP) is 1.23. The summed E-state index contributed by atoms with van der Waals surface area (Å²) in [4.78, 5) is 22.6. The van der Waals surface area contributed by atoms with Gasteiger partial charge >= 0.3 is 5.97 Å². The number of carboxylic acids is 1. The van der Waals surface area contributed by atoms with Crippen molar-refractivity contribution in [2.24, 2.45) is 5.92 Å². The first-order valence-electron chi connectivity index (χ1n) is 5.19. The molecule has 0 saturated heterocycles. The van der Waals surface area contributed by atoms with Crippen molar-refractivity contribution in [1.29, 1.82) is 0 Å². The Bertz CT molecular complexity index is 243. The van der Waals surface area contributed by atoms with E-state index in [2.05, 4.69) is 6.58 Å². The molecule has 1 atom stereocenters. The van der Waals surface area contributed by atoms with Gasteiger partial charge in [-0.2, -0.15) is 0 Å². The van der Waals surface area contributed by atoms with Crippen molar-refractivity contribution in [1.82, 2.24) is 0 Å². The third kappa shape index (κ3) is 4.55. The van der Waals surface area contributed by atoms with E-state index in [0.717, 1.165) is 0 Å². The summed E-state index contributed by atoms with van der Waals surface area (Å²) in [6.07, 6.45) is 0.368. The molecule has 0 saturated carbocycles. The van der Waals surface area contributed by atoms with Crippen LogP contribution in [-0.2, 0) is 19.1 Å². The topological polar surface area (TPSA) is 72.8 Å². The minimum atomic E-state index is -1.19. The van der Waals surface area contributed by atoms with E-state index in [1.807, 2.05) is 0 Å². The van der Waals surface area contributed by atoms with Crippen LogP contribution in [0.4, 0.5) is 0 Å². The molecule has 5 heteroatoms. The number of carbonyl (C=O) groups excluding carboxylic acids is 1. The summed E-state index contributed by atoms with van der Waals surface area (Å²) >= 11 is 0. The van der Waals surface area contributed by atoms with E-state index < -0.39 is 24.0 Å². The highest BCUT2D eigenvalue weighted by Crippen LogP contribution is 2.12. The van der Waals surface area contributed by atoms with Crippen molar-refractivity contribution < 1.29 is 24.2 Å². The van der Waals surface area contributed by atoms with Crippen molar-refractivity contribution in [3.63, 3.8) is 0 Å². The molecule has 16 heavy (non-hydrogen) atoms. The van der Waals surface area contributed by atoms with E-state index in [9.17, 15) is 9.59 Å². The minimum absolute atomic E-state index is 0.0742. The molecule has 0 bridgehead atoms. The molecule has 1 unspecified atom stereocenters. The van der Waals surface area contributed by atoms with Crippen LogP contribution in [-0.4, -0.2) is 36.4 Å². The molecule has 0 amide bonds. The number of carboxylic acid groups (broad SMARTS) is 1. The fraction of sp³-hybridized carbons (Fsp3) is 0.636. The van der Waals surface area contributed by atoms with Crippen LogP contribution >= 0.6 is 0 Å². The van der Waals surface area contributed by atoms with Crippen LogP contribution in [0.1, 0.15) is 20.3 Å². The lowest BCUT2D eigenvalue weighted by Gasteiger charge is -2.18. The summed E-state index contributed by atoms with van der Waals surface area (Å²) < 4.78 is 10.1. The van der Waals surface area contributed by atoms with Crippen LogP contribution in [0.5, 0.6) is 0 Å². The van der Waals surface area contributed by atoms with Crippen molar-refractivity contribution in [3.05, 3.63) is 12.7 Å². The summed E-state index contributed by atoms with van der Waals surface area (Å²) in [6, 6.07) is 0. The largest absolute Gasteiger partial charge is 0.481 e. The van der Waals surface area contributed by atoms with Crippen LogP contribution < -0.4 is 0 Å². The van der Waals surface area contributed by atoms with Crippen LogP contribution in [0.3, 0.4) is 0 Å². The lowest BCUT2D eigenvalue weighted by atomic mass is 10.00. The normalized spacial score (nSPS) is 12.4. The lowest BCUT2D eigenvalue weighted by Crippen LogP contribution is -2.36. The zero-order chi connectivity index (χ0) is 12.6. The zero-order valence-electron chi connectivity index (χ0n) is 9.64. The molecule has 5 nitrogen and oxygen atoms in total. The maximum absolute atomic E-state index is 11.8. The molecule has 0 fully saturated rings. The minimum Gasteiger partial charge on any atom is -0.481 e. The number of carbonyl (C=O) groups is 2. The number of hydrogen-bond donors (Lipinski definition) is 1. The van der Waals surface area contributed by atoms with E-state index >= 15 is 0 Å². The second-order valence-corrected chi connectivity index (χ2v) is 3.06. The molecule has 0 heterocycles. The van der Waals surface area contributed by atoms with Gasteiger partial charge in [-0.3, -0.25) is 9.59 Å². The predicted molar refractivity (Wildman–Crippen MR) is 58.0 cm³/mol. The number of aliphatic carboxylic acids is 1. The summed E-state index contributed by atoms with van der Waals surface area (Å²) in [5.41, 5.74) is 0. The second-order valence-electron chi connectivity index (χ2n) is 3.06. The Balaban J connectivity index is 4.64. The van der Waals surface area contributed by atoms with Gasteiger partial charge in [0.1, 0.15) is 5.92 Å². The van der Waals surface area contributed by atoms with Gasteiger partial charge in [-0.05, 0) is 20.3 Å². The quantitative estimate of drug-likeness (QED) is 0.366. The van der Waals surface area contributed by atoms with Gasteiger partial charge in [0.05, 0.1) is 0 Å². The lowest BCUT2D eigenvalue weighted by molar-refractivity contribution is -0.175. The van der Waals surface area contributed by atoms with Gasteiger partial charge in [0.15, 0.2) is 0 Å². The van der Waals surface area contributed by atoms with Crippen LogP contribution in [0.25, 0.3) is 0 Å². The Morgan fingerprint density at radius 1 is 1.31 bits per heavy atom. The van der Waals surface area contributed by atoms with E-state index in [0.29, 0.717) is 0 Å². The molecule has 1 N–H and O–H groups in total. The molecule has 0 aliphatic rings. The average molecular weight is 230 g/mol. The van der Waals surface area contributed by atoms with Gasteiger partial charge in [0, 0.05) is 13.2 Å². The fourth-order valence-corrected chi connectivity index (χ4v) is 1.18. The first-order valence-corrected chi connectivity index (χ1v) is 5.19. The number of allylic oxidation sites excluding steroid dienone is 1. The highest BCUT2D eigenvalue weighted by Gasteiger charge is 2.32. The monoisotopic (exact) mass is 230 g/mol. The van der Waals surface area contributed by atoms with Crippen molar-refractivity contribution in [2.75, 3.05) is 13.2 Å². The molecule has 92 valence electrons. The Labute approximate surface area is 95.0 Å². The van der Waals surface area contributed by atoms with Crippen molar-refractivity contribution >= 4 is 11.8 Å². The number of rotatable bonds is 9. The van der Waals surface area contributed by atoms with E-state index in [1.54, 1.807) is 13.8 Å². The zero-order valence-corrected chi connectivity index (χ0v) is 9.64. The van der Waals surface area contributed by atoms with Gasteiger partial charge in [0.25, 0.3) is 0 Å². The Morgan fingerprint density at radius 2 is 1.81 bits per heavy atom. The van der Waals surface area contributed by atoms with Gasteiger partial charge in [-0.1, -0.05) is 6.08 Å². The summed E-state index contributed by atoms with van der Waals surface area (Å²) in [5, 5.41) is 8.88. The van der Waals surface area contributed by atoms with Crippen LogP contribution in [0, 0.1) is 5.92 Å². The molecule has 0 aromatic heterocycles. The molecule has 0 aliphatic carbocycles. The van der Waals surface area contributed by atoms with Crippen LogP contribution in [0.15, 0.2) is 12.7 Å². The van der Waals surface area contributed by atoms with E-state index in [1.165, 1.54) is 6.08 Å². The first-order chi connectivity index (χ1) is 7.58. The number of hydrogen-bond acceptors (Lipinski definition) is 4. The fourth-order valence-electron chi connectivity index (χ4n) is 1.18. The van der Waals surface area contributed by atoms with E-state index in [-0.39, 0.29) is 19.6 Å². The van der Waals surface area contributed by atoms with Gasteiger partial charge in [0.2, 0.25) is 12.1 Å². The van der Waals surface area contributed by atoms with Gasteiger partial charge < -0.3 is 14.6 Å². The SMILES string of the molecule is C=CCC(C(=O)O)C(=O)C(OCC)OCC. The molecule has 0 spiro atoms. The van der Waals surface area contributed by atoms with Gasteiger partial charge in [-0.25, -0.2) is 0 Å².